The van der Waals surface area contributed by atoms with Gasteiger partial charge in [0.25, 0.3) is 0 Å². The molecule has 2 aromatic carbocycles. The van der Waals surface area contributed by atoms with Crippen LogP contribution < -0.4 is 5.32 Å². The number of benzene rings is 2. The minimum Gasteiger partial charge on any atom is -0.332 e. The summed E-state index contributed by atoms with van der Waals surface area (Å²) >= 11 is 7.22. The normalized spacial score (nSPS) is 11.2. The third-order valence-electron chi connectivity index (χ3n) is 3.27. The predicted molar refractivity (Wildman–Crippen MR) is 92.0 cm³/mol. The van der Waals surface area contributed by atoms with Gasteiger partial charge in [0.15, 0.2) is 5.13 Å². The van der Waals surface area contributed by atoms with Crippen molar-refractivity contribution < 1.29 is 13.2 Å². The van der Waals surface area contributed by atoms with Gasteiger partial charge in [0.1, 0.15) is 0 Å². The molecule has 1 aromatic heterocycles. The number of alkyl halides is 3. The summed E-state index contributed by atoms with van der Waals surface area (Å²) in [5, 5.41) is 14.4. The molecule has 0 spiro atoms. The predicted octanol–water partition coefficient (Wildman–Crippen LogP) is 6.10. The molecule has 0 radical (unpaired) electrons. The zero-order chi connectivity index (χ0) is 18.0. The zero-order valence-electron chi connectivity index (χ0n) is 12.4. The number of nitrogens with zero attached hydrogens (tertiary/aromatic N) is 2. The molecule has 0 amide bonds. The lowest BCUT2D eigenvalue weighted by Gasteiger charge is -2.09. The van der Waals surface area contributed by atoms with E-state index in [-0.39, 0.29) is 0 Å². The molecule has 0 atom stereocenters. The van der Waals surface area contributed by atoms with Crippen LogP contribution in [0.3, 0.4) is 0 Å². The van der Waals surface area contributed by atoms with E-state index in [1.54, 1.807) is 23.6 Å². The van der Waals surface area contributed by atoms with E-state index in [1.165, 1.54) is 23.5 Å². The number of aromatic nitrogens is 1. The molecular weight excluding hydrogens is 371 g/mol. The van der Waals surface area contributed by atoms with Crippen LogP contribution in [0.1, 0.15) is 11.1 Å². The lowest BCUT2D eigenvalue weighted by molar-refractivity contribution is -0.137. The van der Waals surface area contributed by atoms with E-state index in [4.69, 9.17) is 16.9 Å². The molecule has 3 rings (SSSR count). The Morgan fingerprint density at radius 3 is 2.68 bits per heavy atom. The number of rotatable bonds is 3. The monoisotopic (exact) mass is 379 g/mol. The first-order valence-electron chi connectivity index (χ1n) is 6.96. The summed E-state index contributed by atoms with van der Waals surface area (Å²) in [7, 11) is 0. The summed E-state index contributed by atoms with van der Waals surface area (Å²) in [5.74, 6) is 0. The van der Waals surface area contributed by atoms with Crippen LogP contribution in [0, 0.1) is 11.3 Å². The third-order valence-corrected chi connectivity index (χ3v) is 4.24. The Balaban J connectivity index is 1.86. The summed E-state index contributed by atoms with van der Waals surface area (Å²) in [6.07, 6.45) is -4.40. The molecule has 0 aliphatic rings. The molecule has 1 N–H and O–H groups in total. The van der Waals surface area contributed by atoms with Crippen molar-refractivity contribution in [3.8, 4) is 17.3 Å². The third kappa shape index (κ3) is 4.10. The summed E-state index contributed by atoms with van der Waals surface area (Å²) < 4.78 is 38.3. The van der Waals surface area contributed by atoms with E-state index in [0.717, 1.165) is 12.1 Å². The smallest absolute Gasteiger partial charge is 0.332 e. The molecule has 0 aliphatic heterocycles. The second-order valence-electron chi connectivity index (χ2n) is 5.08. The Labute approximate surface area is 150 Å². The summed E-state index contributed by atoms with van der Waals surface area (Å²) in [5.41, 5.74) is 1.21. The standard InChI is InChI=1S/C17H9ClF3N3S/c18-13-5-10(8-22)4-11(6-13)15-9-25-16(24-15)23-14-3-1-2-12(7-14)17(19,20)21/h1-7,9H,(H,23,24). The number of hydrogen-bond donors (Lipinski definition) is 1. The zero-order valence-corrected chi connectivity index (χ0v) is 14.0. The van der Waals surface area contributed by atoms with Crippen LogP contribution in [0.5, 0.6) is 0 Å². The molecule has 8 heteroatoms. The number of hydrogen-bond acceptors (Lipinski definition) is 4. The van der Waals surface area contributed by atoms with Gasteiger partial charge in [-0.05, 0) is 36.4 Å². The van der Waals surface area contributed by atoms with E-state index in [2.05, 4.69) is 10.3 Å². The molecule has 0 saturated heterocycles. The maximum atomic E-state index is 12.8. The lowest BCUT2D eigenvalue weighted by atomic mass is 10.1. The highest BCUT2D eigenvalue weighted by molar-refractivity contribution is 7.14. The molecule has 0 fully saturated rings. The second-order valence-corrected chi connectivity index (χ2v) is 6.38. The van der Waals surface area contributed by atoms with Gasteiger partial charge < -0.3 is 5.32 Å². The minimum atomic E-state index is -4.40. The average Bonchev–Trinajstić information content (AvgIpc) is 3.02. The van der Waals surface area contributed by atoms with Gasteiger partial charge in [-0.25, -0.2) is 4.98 Å². The van der Waals surface area contributed by atoms with Crippen LogP contribution >= 0.6 is 22.9 Å². The largest absolute Gasteiger partial charge is 0.416 e. The van der Waals surface area contributed by atoms with Gasteiger partial charge >= 0.3 is 6.18 Å². The first kappa shape index (κ1) is 17.3. The quantitative estimate of drug-likeness (QED) is 0.598. The van der Waals surface area contributed by atoms with Gasteiger partial charge in [0.2, 0.25) is 0 Å². The topological polar surface area (TPSA) is 48.7 Å². The molecular formula is C17H9ClF3N3S. The molecule has 0 unspecified atom stereocenters. The molecule has 1 heterocycles. The van der Waals surface area contributed by atoms with Crippen LogP contribution in [0.25, 0.3) is 11.3 Å². The molecule has 0 aliphatic carbocycles. The number of nitriles is 1. The minimum absolute atomic E-state index is 0.291. The summed E-state index contributed by atoms with van der Waals surface area (Å²) in [6, 6.07) is 11.8. The van der Waals surface area contributed by atoms with Crippen LogP contribution in [0.4, 0.5) is 24.0 Å². The van der Waals surface area contributed by atoms with Gasteiger partial charge in [-0.15, -0.1) is 11.3 Å². The molecule has 0 bridgehead atoms. The fourth-order valence-corrected chi connectivity index (χ4v) is 3.14. The van der Waals surface area contributed by atoms with Crippen molar-refractivity contribution in [3.05, 3.63) is 64.0 Å². The van der Waals surface area contributed by atoms with E-state index in [9.17, 15) is 13.2 Å². The first-order valence-corrected chi connectivity index (χ1v) is 8.22. The maximum absolute atomic E-state index is 12.8. The highest BCUT2D eigenvalue weighted by atomic mass is 35.5. The molecule has 0 saturated carbocycles. The fourth-order valence-electron chi connectivity index (χ4n) is 2.16. The van der Waals surface area contributed by atoms with Crippen molar-refractivity contribution >= 4 is 33.8 Å². The molecule has 3 aromatic rings. The SMILES string of the molecule is N#Cc1cc(Cl)cc(-c2csc(Nc3cccc(C(F)(F)F)c3)n2)c1. The van der Waals surface area contributed by atoms with Crippen molar-refractivity contribution in [2.45, 2.75) is 6.18 Å². The lowest BCUT2D eigenvalue weighted by Crippen LogP contribution is -2.05. The maximum Gasteiger partial charge on any atom is 0.416 e. The van der Waals surface area contributed by atoms with Crippen molar-refractivity contribution in [2.75, 3.05) is 5.32 Å². The van der Waals surface area contributed by atoms with E-state index in [0.29, 0.717) is 32.7 Å². The highest BCUT2D eigenvalue weighted by Crippen LogP contribution is 2.33. The fraction of sp³-hybridized carbons (Fsp3) is 0.0588. The highest BCUT2D eigenvalue weighted by Gasteiger charge is 2.30. The van der Waals surface area contributed by atoms with Gasteiger partial charge in [0, 0.05) is 21.7 Å². The summed E-state index contributed by atoms with van der Waals surface area (Å²) in [4.78, 5) is 4.34. The van der Waals surface area contributed by atoms with Crippen LogP contribution in [-0.2, 0) is 6.18 Å². The number of nitrogens with one attached hydrogen (secondary N) is 1. The number of halogens is 4. The van der Waals surface area contributed by atoms with E-state index >= 15 is 0 Å². The van der Waals surface area contributed by atoms with Crippen LogP contribution in [0.15, 0.2) is 47.8 Å². The molecule has 3 nitrogen and oxygen atoms in total. The average molecular weight is 380 g/mol. The van der Waals surface area contributed by atoms with E-state index in [1.807, 2.05) is 6.07 Å². The Hall–Kier alpha value is -2.56. The molecule has 25 heavy (non-hydrogen) atoms. The summed E-state index contributed by atoms with van der Waals surface area (Å²) in [6.45, 7) is 0. The van der Waals surface area contributed by atoms with Crippen molar-refractivity contribution in [2.24, 2.45) is 0 Å². The van der Waals surface area contributed by atoms with Gasteiger partial charge in [-0.3, -0.25) is 0 Å². The number of thiazole rings is 1. The molecule has 126 valence electrons. The van der Waals surface area contributed by atoms with Gasteiger partial charge in [0.05, 0.1) is 22.9 Å². The van der Waals surface area contributed by atoms with Crippen molar-refractivity contribution in [1.82, 2.24) is 4.98 Å². The van der Waals surface area contributed by atoms with Gasteiger partial charge in [-0.1, -0.05) is 17.7 Å². The van der Waals surface area contributed by atoms with Crippen LogP contribution in [-0.4, -0.2) is 4.98 Å². The van der Waals surface area contributed by atoms with Crippen LogP contribution in [0.2, 0.25) is 5.02 Å². The van der Waals surface area contributed by atoms with E-state index < -0.39 is 11.7 Å². The Bertz CT molecular complexity index is 960. The Morgan fingerprint density at radius 1 is 1.16 bits per heavy atom. The Kier molecular flexibility index (Phi) is 4.66. The van der Waals surface area contributed by atoms with Crippen molar-refractivity contribution in [1.29, 1.82) is 5.26 Å². The Morgan fingerprint density at radius 2 is 1.96 bits per heavy atom. The van der Waals surface area contributed by atoms with Gasteiger partial charge in [-0.2, -0.15) is 18.4 Å². The first-order chi connectivity index (χ1) is 11.8. The number of anilines is 2. The van der Waals surface area contributed by atoms with Crippen molar-refractivity contribution in [3.63, 3.8) is 0 Å². The second kappa shape index (κ2) is 6.75.